The molecule has 1 N–H and O–H groups in total. The summed E-state index contributed by atoms with van der Waals surface area (Å²) in [5, 5.41) is 3.44. The third-order valence-corrected chi connectivity index (χ3v) is 4.43. The second-order valence-electron chi connectivity index (χ2n) is 6.21. The molecule has 0 aliphatic heterocycles. The number of methoxy groups -OCH3 is 2. The molecule has 1 aromatic rings. The molecule has 0 radical (unpaired) electrons. The van der Waals surface area contributed by atoms with E-state index >= 15 is 0 Å². The Morgan fingerprint density at radius 2 is 2.10 bits per heavy atom. The van der Waals surface area contributed by atoms with Crippen molar-refractivity contribution >= 4 is 0 Å². The van der Waals surface area contributed by atoms with Gasteiger partial charge in [0.15, 0.2) is 11.6 Å². The SMILES string of the molecule is COCCNCC(C)(Cc1cccc(OC)c1F)C1CC1. The molecule has 118 valence electrons. The minimum Gasteiger partial charge on any atom is -0.494 e. The van der Waals surface area contributed by atoms with Gasteiger partial charge in [0.2, 0.25) is 0 Å². The van der Waals surface area contributed by atoms with Gasteiger partial charge < -0.3 is 14.8 Å². The Morgan fingerprint density at radius 3 is 2.71 bits per heavy atom. The van der Waals surface area contributed by atoms with Gasteiger partial charge in [-0.25, -0.2) is 4.39 Å². The molecule has 0 spiro atoms. The molecular weight excluding hydrogens is 269 g/mol. The molecule has 0 heterocycles. The Labute approximate surface area is 126 Å². The molecule has 0 amide bonds. The zero-order valence-corrected chi connectivity index (χ0v) is 13.2. The standard InChI is InChI=1S/C17H26FNO2/c1-17(14-7-8-14,12-19-9-10-20-2)11-13-5-4-6-15(21-3)16(13)18/h4-6,14,19H,7-12H2,1-3H3. The normalized spacial score (nSPS) is 17.5. The van der Waals surface area contributed by atoms with Gasteiger partial charge in [0.1, 0.15) is 0 Å². The molecule has 0 aromatic heterocycles. The van der Waals surface area contributed by atoms with Crippen LogP contribution in [-0.4, -0.2) is 33.9 Å². The minimum atomic E-state index is -0.219. The Bertz CT molecular complexity index is 462. The summed E-state index contributed by atoms with van der Waals surface area (Å²) in [5.41, 5.74) is 0.832. The molecule has 2 rings (SSSR count). The summed E-state index contributed by atoms with van der Waals surface area (Å²) >= 11 is 0. The van der Waals surface area contributed by atoms with Gasteiger partial charge in [-0.05, 0) is 42.2 Å². The molecule has 0 saturated heterocycles. The number of nitrogens with one attached hydrogen (secondary N) is 1. The summed E-state index contributed by atoms with van der Waals surface area (Å²) in [7, 11) is 3.21. The second kappa shape index (κ2) is 7.23. The predicted octanol–water partition coefficient (Wildman–Crippen LogP) is 3.03. The van der Waals surface area contributed by atoms with Crippen molar-refractivity contribution in [3.8, 4) is 5.75 Å². The van der Waals surface area contributed by atoms with Crippen molar-refractivity contribution in [2.24, 2.45) is 11.3 Å². The van der Waals surface area contributed by atoms with Crippen LogP contribution in [0.4, 0.5) is 4.39 Å². The van der Waals surface area contributed by atoms with E-state index in [4.69, 9.17) is 9.47 Å². The first-order valence-corrected chi connectivity index (χ1v) is 7.62. The minimum absolute atomic E-state index is 0.0843. The predicted molar refractivity (Wildman–Crippen MR) is 82.2 cm³/mol. The van der Waals surface area contributed by atoms with E-state index in [2.05, 4.69) is 12.2 Å². The summed E-state index contributed by atoms with van der Waals surface area (Å²) in [4.78, 5) is 0. The molecule has 1 unspecified atom stereocenters. The Kier molecular flexibility index (Phi) is 5.59. The van der Waals surface area contributed by atoms with Gasteiger partial charge in [-0.1, -0.05) is 19.1 Å². The largest absolute Gasteiger partial charge is 0.494 e. The molecule has 4 heteroatoms. The van der Waals surface area contributed by atoms with Crippen molar-refractivity contribution in [2.45, 2.75) is 26.2 Å². The monoisotopic (exact) mass is 295 g/mol. The lowest BCUT2D eigenvalue weighted by Crippen LogP contribution is -2.37. The topological polar surface area (TPSA) is 30.5 Å². The highest BCUT2D eigenvalue weighted by atomic mass is 19.1. The van der Waals surface area contributed by atoms with Crippen molar-refractivity contribution in [1.29, 1.82) is 0 Å². The van der Waals surface area contributed by atoms with Crippen LogP contribution < -0.4 is 10.1 Å². The van der Waals surface area contributed by atoms with Gasteiger partial charge in [-0.3, -0.25) is 0 Å². The lowest BCUT2D eigenvalue weighted by Gasteiger charge is -2.30. The van der Waals surface area contributed by atoms with E-state index in [9.17, 15) is 4.39 Å². The number of hydrogen-bond donors (Lipinski definition) is 1. The molecule has 1 aromatic carbocycles. The van der Waals surface area contributed by atoms with Crippen LogP contribution in [0.15, 0.2) is 18.2 Å². The van der Waals surface area contributed by atoms with E-state index in [-0.39, 0.29) is 11.2 Å². The lowest BCUT2D eigenvalue weighted by atomic mass is 9.78. The fourth-order valence-corrected chi connectivity index (χ4v) is 2.97. The van der Waals surface area contributed by atoms with Crippen molar-refractivity contribution in [3.05, 3.63) is 29.6 Å². The second-order valence-corrected chi connectivity index (χ2v) is 6.21. The number of hydrogen-bond acceptors (Lipinski definition) is 3. The van der Waals surface area contributed by atoms with Crippen LogP contribution in [0.3, 0.4) is 0 Å². The van der Waals surface area contributed by atoms with Crippen LogP contribution in [0, 0.1) is 17.2 Å². The van der Waals surface area contributed by atoms with E-state index in [1.54, 1.807) is 13.2 Å². The molecule has 1 atom stereocenters. The highest BCUT2D eigenvalue weighted by Crippen LogP contribution is 2.47. The smallest absolute Gasteiger partial charge is 0.168 e. The maximum Gasteiger partial charge on any atom is 0.168 e. The summed E-state index contributed by atoms with van der Waals surface area (Å²) in [6.07, 6.45) is 3.22. The van der Waals surface area contributed by atoms with Crippen LogP contribution in [0.25, 0.3) is 0 Å². The highest BCUT2D eigenvalue weighted by Gasteiger charge is 2.41. The van der Waals surface area contributed by atoms with E-state index in [1.165, 1.54) is 20.0 Å². The number of halogens is 1. The fourth-order valence-electron chi connectivity index (χ4n) is 2.97. The maximum absolute atomic E-state index is 14.4. The first-order chi connectivity index (χ1) is 10.1. The van der Waals surface area contributed by atoms with Crippen molar-refractivity contribution in [2.75, 3.05) is 33.9 Å². The summed E-state index contributed by atoms with van der Waals surface area (Å²) in [5.74, 6) is 0.792. The van der Waals surface area contributed by atoms with E-state index in [0.717, 1.165) is 25.1 Å². The molecule has 3 nitrogen and oxygen atoms in total. The zero-order chi connectivity index (χ0) is 15.3. The average Bonchev–Trinajstić information content (AvgIpc) is 3.31. The third kappa shape index (κ3) is 4.17. The molecule has 1 aliphatic rings. The molecule has 1 aliphatic carbocycles. The maximum atomic E-state index is 14.4. The number of benzene rings is 1. The Morgan fingerprint density at radius 1 is 1.33 bits per heavy atom. The summed E-state index contributed by atoms with van der Waals surface area (Å²) < 4.78 is 24.5. The van der Waals surface area contributed by atoms with Gasteiger partial charge in [0.25, 0.3) is 0 Å². The van der Waals surface area contributed by atoms with Crippen LogP contribution in [-0.2, 0) is 11.2 Å². The van der Waals surface area contributed by atoms with E-state index in [0.29, 0.717) is 18.3 Å². The average molecular weight is 295 g/mol. The Hall–Kier alpha value is -1.13. The van der Waals surface area contributed by atoms with Gasteiger partial charge in [0.05, 0.1) is 13.7 Å². The van der Waals surface area contributed by atoms with Gasteiger partial charge in [0, 0.05) is 20.2 Å². The van der Waals surface area contributed by atoms with Crippen molar-refractivity contribution < 1.29 is 13.9 Å². The molecule has 0 bridgehead atoms. The first kappa shape index (κ1) is 16.2. The molecule has 1 fully saturated rings. The third-order valence-electron chi connectivity index (χ3n) is 4.43. The van der Waals surface area contributed by atoms with Crippen LogP contribution in [0.1, 0.15) is 25.3 Å². The lowest BCUT2D eigenvalue weighted by molar-refractivity contribution is 0.186. The van der Waals surface area contributed by atoms with Gasteiger partial charge in [-0.15, -0.1) is 0 Å². The summed E-state index contributed by atoms with van der Waals surface area (Å²) in [6.45, 7) is 4.68. The van der Waals surface area contributed by atoms with Crippen LogP contribution >= 0.6 is 0 Å². The molecule has 21 heavy (non-hydrogen) atoms. The number of ether oxygens (including phenoxy) is 2. The summed E-state index contributed by atoms with van der Waals surface area (Å²) in [6, 6.07) is 5.40. The molecular formula is C17H26FNO2. The molecule has 1 saturated carbocycles. The Balaban J connectivity index is 2.05. The van der Waals surface area contributed by atoms with Crippen molar-refractivity contribution in [3.63, 3.8) is 0 Å². The van der Waals surface area contributed by atoms with E-state index in [1.807, 2.05) is 12.1 Å². The highest BCUT2D eigenvalue weighted by molar-refractivity contribution is 5.32. The van der Waals surface area contributed by atoms with Crippen LogP contribution in [0.5, 0.6) is 5.75 Å². The van der Waals surface area contributed by atoms with E-state index < -0.39 is 0 Å². The quantitative estimate of drug-likeness (QED) is 0.710. The first-order valence-electron chi connectivity index (χ1n) is 7.62. The zero-order valence-electron chi connectivity index (χ0n) is 13.2. The van der Waals surface area contributed by atoms with Gasteiger partial charge >= 0.3 is 0 Å². The van der Waals surface area contributed by atoms with Crippen LogP contribution in [0.2, 0.25) is 0 Å². The fraction of sp³-hybridized carbons (Fsp3) is 0.647. The van der Waals surface area contributed by atoms with Crippen molar-refractivity contribution in [1.82, 2.24) is 5.32 Å². The van der Waals surface area contributed by atoms with Gasteiger partial charge in [-0.2, -0.15) is 0 Å². The number of rotatable bonds is 9.